The SMILES string of the molecule is O=C(N[C@H]1CCC2(CCN(CC3CCCCC3)CC2)c2ccccc21)C1CC1.[HH]. The van der Waals surface area contributed by atoms with Crippen molar-refractivity contribution in [2.24, 2.45) is 11.8 Å². The molecule has 3 aliphatic carbocycles. The number of amides is 1. The van der Waals surface area contributed by atoms with Gasteiger partial charge in [-0.25, -0.2) is 0 Å². The molecule has 1 amide bonds. The van der Waals surface area contributed by atoms with Crippen molar-refractivity contribution in [3.63, 3.8) is 0 Å². The minimum Gasteiger partial charge on any atom is -0.349 e. The Labute approximate surface area is 171 Å². The molecule has 154 valence electrons. The van der Waals surface area contributed by atoms with Crippen molar-refractivity contribution < 1.29 is 6.22 Å². The van der Waals surface area contributed by atoms with E-state index in [1.165, 1.54) is 76.6 Å². The summed E-state index contributed by atoms with van der Waals surface area (Å²) in [6, 6.07) is 9.24. The summed E-state index contributed by atoms with van der Waals surface area (Å²) in [5.74, 6) is 1.53. The van der Waals surface area contributed by atoms with Crippen LogP contribution in [0, 0.1) is 11.8 Å². The fourth-order valence-electron chi connectivity index (χ4n) is 6.20. The Bertz CT molecular complexity index is 703. The highest BCUT2D eigenvalue weighted by Crippen LogP contribution is 2.48. The van der Waals surface area contributed by atoms with E-state index in [0.29, 0.717) is 11.3 Å². The van der Waals surface area contributed by atoms with E-state index in [-0.39, 0.29) is 13.4 Å². The van der Waals surface area contributed by atoms with Gasteiger partial charge in [0, 0.05) is 13.9 Å². The van der Waals surface area contributed by atoms with E-state index in [4.69, 9.17) is 0 Å². The fourth-order valence-corrected chi connectivity index (χ4v) is 6.20. The molecule has 3 heteroatoms. The maximum Gasteiger partial charge on any atom is 0.223 e. The molecule has 5 rings (SSSR count). The third-order valence-corrected chi connectivity index (χ3v) is 8.14. The first-order valence-corrected chi connectivity index (χ1v) is 11.9. The number of rotatable bonds is 4. The Morgan fingerprint density at radius 2 is 1.75 bits per heavy atom. The lowest BCUT2D eigenvalue weighted by atomic mass is 9.63. The van der Waals surface area contributed by atoms with Crippen molar-refractivity contribution in [1.29, 1.82) is 0 Å². The molecule has 1 heterocycles. The summed E-state index contributed by atoms with van der Waals surface area (Å²) in [6.07, 6.45) is 14.3. The topological polar surface area (TPSA) is 32.3 Å². The Morgan fingerprint density at radius 1 is 1.00 bits per heavy atom. The second-order valence-electron chi connectivity index (χ2n) is 10.0. The molecule has 28 heavy (non-hydrogen) atoms. The van der Waals surface area contributed by atoms with Crippen LogP contribution in [0.5, 0.6) is 0 Å². The number of hydrogen-bond acceptors (Lipinski definition) is 2. The lowest BCUT2D eigenvalue weighted by Crippen LogP contribution is -2.47. The van der Waals surface area contributed by atoms with E-state index in [1.807, 2.05) is 0 Å². The Morgan fingerprint density at radius 3 is 2.50 bits per heavy atom. The number of fused-ring (bicyclic) bond motifs is 2. The maximum absolute atomic E-state index is 12.4. The van der Waals surface area contributed by atoms with Gasteiger partial charge in [-0.2, -0.15) is 0 Å². The summed E-state index contributed by atoms with van der Waals surface area (Å²) in [6.45, 7) is 3.84. The normalized spacial score (nSPS) is 28.1. The van der Waals surface area contributed by atoms with Gasteiger partial charge >= 0.3 is 0 Å². The van der Waals surface area contributed by atoms with Crippen molar-refractivity contribution in [3.8, 4) is 0 Å². The standard InChI is InChI=1S/C25H36N2O.H2/c28-24(20-10-11-20)26-23-12-13-25(22-9-5-4-8-21(22)23)14-16-27(17-15-25)18-19-6-2-1-3-7-19;/h4-5,8-9,19-20,23H,1-3,6-7,10-18H2,(H,26,28);1H/t23-;/m0./s1. The molecular weight excluding hydrogens is 344 g/mol. The van der Waals surface area contributed by atoms with E-state index in [9.17, 15) is 4.79 Å². The second-order valence-corrected chi connectivity index (χ2v) is 10.0. The minimum absolute atomic E-state index is 0. The third kappa shape index (κ3) is 3.75. The van der Waals surface area contributed by atoms with Crippen LogP contribution < -0.4 is 5.32 Å². The first-order valence-electron chi connectivity index (χ1n) is 11.9. The van der Waals surface area contributed by atoms with Crippen molar-refractivity contribution in [1.82, 2.24) is 10.2 Å². The number of nitrogens with one attached hydrogen (secondary N) is 1. The van der Waals surface area contributed by atoms with Crippen LogP contribution in [0.1, 0.15) is 89.2 Å². The van der Waals surface area contributed by atoms with E-state index in [0.717, 1.165) is 25.2 Å². The first kappa shape index (κ1) is 18.7. The van der Waals surface area contributed by atoms with E-state index in [2.05, 4.69) is 34.5 Å². The van der Waals surface area contributed by atoms with Gasteiger partial charge in [-0.05, 0) is 86.9 Å². The van der Waals surface area contributed by atoms with E-state index in [1.54, 1.807) is 5.56 Å². The van der Waals surface area contributed by atoms with Crippen LogP contribution in [0.2, 0.25) is 0 Å². The predicted octanol–water partition coefficient (Wildman–Crippen LogP) is 5.21. The number of hydrogen-bond donors (Lipinski definition) is 1. The average Bonchev–Trinajstić information content (AvgIpc) is 3.58. The number of carbonyl (C=O) groups is 1. The highest BCUT2D eigenvalue weighted by Gasteiger charge is 2.43. The van der Waals surface area contributed by atoms with Crippen LogP contribution in [0.15, 0.2) is 24.3 Å². The molecule has 1 aromatic carbocycles. The molecule has 0 bridgehead atoms. The van der Waals surface area contributed by atoms with Crippen LogP contribution in [-0.4, -0.2) is 30.4 Å². The first-order chi connectivity index (χ1) is 13.7. The second kappa shape index (κ2) is 7.82. The predicted molar refractivity (Wildman–Crippen MR) is 115 cm³/mol. The summed E-state index contributed by atoms with van der Waals surface area (Å²) in [5.41, 5.74) is 3.30. The quantitative estimate of drug-likeness (QED) is 0.775. The molecule has 1 saturated heterocycles. The summed E-state index contributed by atoms with van der Waals surface area (Å²) in [4.78, 5) is 15.1. The summed E-state index contributed by atoms with van der Waals surface area (Å²) in [5, 5.41) is 3.37. The minimum atomic E-state index is 0. The van der Waals surface area contributed by atoms with Gasteiger partial charge in [-0.3, -0.25) is 4.79 Å². The van der Waals surface area contributed by atoms with Crippen LogP contribution in [-0.2, 0) is 10.2 Å². The molecule has 1 aromatic rings. The van der Waals surface area contributed by atoms with Gasteiger partial charge in [0.15, 0.2) is 0 Å². The zero-order valence-corrected chi connectivity index (χ0v) is 17.3. The van der Waals surface area contributed by atoms with Crippen LogP contribution >= 0.6 is 0 Å². The maximum atomic E-state index is 12.4. The molecule has 1 aliphatic heterocycles. The van der Waals surface area contributed by atoms with Gasteiger partial charge in [0.05, 0.1) is 6.04 Å². The molecule has 2 saturated carbocycles. The Balaban J connectivity index is 0.00000205. The van der Waals surface area contributed by atoms with Gasteiger partial charge in [0.2, 0.25) is 5.91 Å². The third-order valence-electron chi connectivity index (χ3n) is 8.14. The fraction of sp³-hybridized carbons (Fsp3) is 0.720. The molecule has 1 N–H and O–H groups in total. The average molecular weight is 383 g/mol. The zero-order chi connectivity index (χ0) is 19.0. The van der Waals surface area contributed by atoms with E-state index >= 15 is 0 Å². The van der Waals surface area contributed by atoms with Gasteiger partial charge in [-0.1, -0.05) is 43.5 Å². The molecule has 1 spiro atoms. The monoisotopic (exact) mass is 382 g/mol. The van der Waals surface area contributed by atoms with Gasteiger partial charge < -0.3 is 10.2 Å². The largest absolute Gasteiger partial charge is 0.349 e. The van der Waals surface area contributed by atoms with Gasteiger partial charge in [0.25, 0.3) is 0 Å². The van der Waals surface area contributed by atoms with Gasteiger partial charge in [-0.15, -0.1) is 0 Å². The molecule has 1 atom stereocenters. The summed E-state index contributed by atoms with van der Waals surface area (Å²) >= 11 is 0. The molecule has 0 radical (unpaired) electrons. The summed E-state index contributed by atoms with van der Waals surface area (Å²) in [7, 11) is 0. The molecule has 0 aromatic heterocycles. The number of piperidine rings is 1. The lowest BCUT2D eigenvalue weighted by Gasteiger charge is -2.48. The number of benzene rings is 1. The molecule has 3 fully saturated rings. The van der Waals surface area contributed by atoms with Crippen molar-refractivity contribution in [2.45, 2.75) is 82.1 Å². The Hall–Kier alpha value is -1.35. The molecule has 4 aliphatic rings. The number of nitrogens with zero attached hydrogens (tertiary/aromatic N) is 1. The molecular formula is C25H38N2O. The van der Waals surface area contributed by atoms with Crippen LogP contribution in [0.25, 0.3) is 0 Å². The zero-order valence-electron chi connectivity index (χ0n) is 17.3. The van der Waals surface area contributed by atoms with Gasteiger partial charge in [0.1, 0.15) is 0 Å². The van der Waals surface area contributed by atoms with Crippen LogP contribution in [0.3, 0.4) is 0 Å². The lowest BCUT2D eigenvalue weighted by molar-refractivity contribution is -0.123. The highest BCUT2D eigenvalue weighted by molar-refractivity contribution is 5.81. The van der Waals surface area contributed by atoms with Crippen molar-refractivity contribution >= 4 is 5.91 Å². The molecule has 0 unspecified atom stereocenters. The number of carbonyl (C=O) groups excluding carboxylic acids is 1. The Kier molecular flexibility index (Phi) is 5.21. The number of likely N-dealkylation sites (tertiary alicyclic amines) is 1. The highest BCUT2D eigenvalue weighted by atomic mass is 16.2. The van der Waals surface area contributed by atoms with Crippen LogP contribution in [0.4, 0.5) is 0 Å². The summed E-state index contributed by atoms with van der Waals surface area (Å²) < 4.78 is 0. The van der Waals surface area contributed by atoms with Crippen molar-refractivity contribution in [3.05, 3.63) is 35.4 Å². The smallest absolute Gasteiger partial charge is 0.223 e. The van der Waals surface area contributed by atoms with E-state index < -0.39 is 0 Å². The molecule has 3 nitrogen and oxygen atoms in total. The van der Waals surface area contributed by atoms with Crippen molar-refractivity contribution in [2.75, 3.05) is 19.6 Å².